The SMILES string of the molecule is CC[C@@]1(O)C(=O)OCc2c1cc1n(c2=O)Cc2c-1nc1cc3c(cc1c2CN1CCC(NC(=O)O)CC1)OCO3. The summed E-state index contributed by atoms with van der Waals surface area (Å²) >= 11 is 0. The molecule has 40 heavy (non-hydrogen) atoms. The van der Waals surface area contributed by atoms with Crippen LogP contribution in [0.4, 0.5) is 4.79 Å². The zero-order chi connectivity index (χ0) is 27.8. The van der Waals surface area contributed by atoms with Gasteiger partial charge >= 0.3 is 12.1 Å². The molecule has 12 nitrogen and oxygen atoms in total. The highest BCUT2D eigenvalue weighted by Crippen LogP contribution is 2.43. The largest absolute Gasteiger partial charge is 0.465 e. The summed E-state index contributed by atoms with van der Waals surface area (Å²) in [6, 6.07) is 5.39. The molecule has 1 amide bonds. The Morgan fingerprint density at radius 3 is 2.60 bits per heavy atom. The van der Waals surface area contributed by atoms with Gasteiger partial charge in [0.05, 0.1) is 29.0 Å². The molecule has 6 heterocycles. The van der Waals surface area contributed by atoms with Gasteiger partial charge in [-0.1, -0.05) is 6.92 Å². The molecule has 12 heteroatoms. The fourth-order valence-electron chi connectivity index (χ4n) is 6.37. The summed E-state index contributed by atoms with van der Waals surface area (Å²) < 4.78 is 18.1. The van der Waals surface area contributed by atoms with Crippen molar-refractivity contribution in [3.8, 4) is 22.9 Å². The Kier molecular flexibility index (Phi) is 5.55. The van der Waals surface area contributed by atoms with Gasteiger partial charge in [0.15, 0.2) is 17.1 Å². The smallest absolute Gasteiger partial charge is 0.404 e. The van der Waals surface area contributed by atoms with Crippen LogP contribution in [0.1, 0.15) is 48.4 Å². The number of piperidine rings is 1. The minimum Gasteiger partial charge on any atom is -0.465 e. The zero-order valence-corrected chi connectivity index (χ0v) is 21.9. The zero-order valence-electron chi connectivity index (χ0n) is 21.9. The Bertz CT molecular complexity index is 1660. The molecule has 0 spiro atoms. The van der Waals surface area contributed by atoms with Crippen molar-refractivity contribution in [2.45, 2.75) is 57.5 Å². The van der Waals surface area contributed by atoms with Crippen LogP contribution in [0.15, 0.2) is 23.0 Å². The van der Waals surface area contributed by atoms with Crippen LogP contribution < -0.4 is 20.3 Å². The molecule has 2 aromatic heterocycles. The van der Waals surface area contributed by atoms with Crippen molar-refractivity contribution in [2.75, 3.05) is 19.9 Å². The number of carbonyl (C=O) groups excluding carboxylic acids is 1. The number of likely N-dealkylation sites (tertiary alicyclic amines) is 1. The molecule has 0 bridgehead atoms. The molecule has 7 rings (SSSR count). The lowest BCUT2D eigenvalue weighted by atomic mass is 9.86. The van der Waals surface area contributed by atoms with Gasteiger partial charge in [-0.3, -0.25) is 9.69 Å². The Morgan fingerprint density at radius 2 is 1.88 bits per heavy atom. The maximum Gasteiger partial charge on any atom is 0.404 e. The van der Waals surface area contributed by atoms with Gasteiger partial charge in [0.2, 0.25) is 6.79 Å². The van der Waals surface area contributed by atoms with Crippen LogP contribution in [0.3, 0.4) is 0 Å². The Morgan fingerprint density at radius 1 is 1.12 bits per heavy atom. The van der Waals surface area contributed by atoms with E-state index >= 15 is 0 Å². The second-order valence-electron chi connectivity index (χ2n) is 10.7. The summed E-state index contributed by atoms with van der Waals surface area (Å²) in [4.78, 5) is 44.6. The highest BCUT2D eigenvalue weighted by Gasteiger charge is 2.45. The minimum absolute atomic E-state index is 0.0706. The molecule has 1 fully saturated rings. The van der Waals surface area contributed by atoms with E-state index in [1.165, 1.54) is 0 Å². The van der Waals surface area contributed by atoms with Crippen LogP contribution in [-0.2, 0) is 34.8 Å². The third-order valence-corrected chi connectivity index (χ3v) is 8.60. The molecule has 3 aromatic rings. The van der Waals surface area contributed by atoms with Crippen molar-refractivity contribution >= 4 is 23.0 Å². The van der Waals surface area contributed by atoms with Crippen molar-refractivity contribution in [3.05, 3.63) is 50.8 Å². The van der Waals surface area contributed by atoms with E-state index in [1.54, 1.807) is 17.6 Å². The number of ether oxygens (including phenoxy) is 3. The second kappa shape index (κ2) is 8.93. The van der Waals surface area contributed by atoms with E-state index in [9.17, 15) is 19.5 Å². The number of aromatic nitrogens is 2. The van der Waals surface area contributed by atoms with Crippen molar-refractivity contribution < 1.29 is 34.0 Å². The predicted molar refractivity (Wildman–Crippen MR) is 140 cm³/mol. The van der Waals surface area contributed by atoms with Gasteiger partial charge in [-0.25, -0.2) is 14.6 Å². The lowest BCUT2D eigenvalue weighted by Crippen LogP contribution is -2.44. The van der Waals surface area contributed by atoms with Crippen LogP contribution in [0.5, 0.6) is 11.5 Å². The average molecular weight is 549 g/mol. The van der Waals surface area contributed by atoms with Crippen molar-refractivity contribution in [3.63, 3.8) is 0 Å². The Labute approximate surface area is 228 Å². The number of aliphatic hydroxyl groups is 1. The highest BCUT2D eigenvalue weighted by atomic mass is 16.7. The number of rotatable bonds is 4. The minimum atomic E-state index is -1.90. The number of nitrogens with one attached hydrogen (secondary N) is 1. The maximum absolute atomic E-state index is 13.7. The first kappa shape index (κ1) is 24.9. The van der Waals surface area contributed by atoms with E-state index < -0.39 is 17.7 Å². The van der Waals surface area contributed by atoms with Crippen LogP contribution >= 0.6 is 0 Å². The van der Waals surface area contributed by atoms with Gasteiger partial charge in [-0.2, -0.15) is 0 Å². The lowest BCUT2D eigenvalue weighted by molar-refractivity contribution is -0.172. The topological polar surface area (TPSA) is 152 Å². The van der Waals surface area contributed by atoms with E-state index in [0.717, 1.165) is 16.5 Å². The number of esters is 1. The molecule has 1 atom stereocenters. The molecular weight excluding hydrogens is 520 g/mol. The molecule has 0 saturated carbocycles. The first-order valence-corrected chi connectivity index (χ1v) is 13.4. The van der Waals surface area contributed by atoms with Gasteiger partial charge < -0.3 is 34.3 Å². The van der Waals surface area contributed by atoms with Crippen LogP contribution in [-0.4, -0.2) is 62.7 Å². The number of carboxylic acid groups (broad SMARTS) is 1. The molecular formula is C28H28N4O8. The van der Waals surface area contributed by atoms with E-state index in [4.69, 9.17) is 24.3 Å². The standard InChI is InChI=1S/C28H28N4O8/c1-2-28(37)19-8-21-24-17(11-32(21)25(33)18(19)12-38-26(28)34)16(10-31-5-3-14(4-6-31)29-27(35)36)15-7-22-23(40-13-39-22)9-20(15)30-24/h7-9,14,29,37H,2-6,10-13H2,1H3,(H,35,36)/t28-/m0/s1. The maximum atomic E-state index is 13.7. The predicted octanol–water partition coefficient (Wildman–Crippen LogP) is 2.04. The summed E-state index contributed by atoms with van der Waals surface area (Å²) in [6.45, 7) is 3.89. The number of cyclic esters (lactones) is 1. The molecule has 0 aliphatic carbocycles. The van der Waals surface area contributed by atoms with Crippen molar-refractivity contribution in [1.82, 2.24) is 19.8 Å². The van der Waals surface area contributed by atoms with E-state index in [2.05, 4.69) is 10.2 Å². The lowest BCUT2D eigenvalue weighted by Gasteiger charge is -2.32. The van der Waals surface area contributed by atoms with Crippen LogP contribution in [0.2, 0.25) is 0 Å². The number of pyridine rings is 2. The van der Waals surface area contributed by atoms with Gasteiger partial charge in [0, 0.05) is 48.3 Å². The van der Waals surface area contributed by atoms with Crippen molar-refractivity contribution in [2.24, 2.45) is 0 Å². The summed E-state index contributed by atoms with van der Waals surface area (Å²) in [5.74, 6) is 0.466. The normalized spacial score (nSPS) is 21.6. The third-order valence-electron chi connectivity index (χ3n) is 8.60. The van der Waals surface area contributed by atoms with Gasteiger partial charge in [0.25, 0.3) is 5.56 Å². The molecule has 4 aliphatic heterocycles. The van der Waals surface area contributed by atoms with Crippen LogP contribution in [0, 0.1) is 0 Å². The number of hydrogen-bond acceptors (Lipinski definition) is 9. The molecule has 4 aliphatic rings. The number of hydrogen-bond donors (Lipinski definition) is 3. The number of amides is 1. The number of carbonyl (C=O) groups is 2. The first-order valence-electron chi connectivity index (χ1n) is 13.4. The second-order valence-corrected chi connectivity index (χ2v) is 10.7. The van der Waals surface area contributed by atoms with E-state index in [1.807, 2.05) is 12.1 Å². The third kappa shape index (κ3) is 3.66. The number of fused-ring (bicyclic) bond motifs is 6. The Hall–Kier alpha value is -4.16. The molecule has 0 radical (unpaired) electrons. The van der Waals surface area contributed by atoms with E-state index in [-0.39, 0.29) is 42.5 Å². The number of nitrogens with zero attached hydrogens (tertiary/aromatic N) is 3. The fourth-order valence-corrected chi connectivity index (χ4v) is 6.37. The highest BCUT2D eigenvalue weighted by molar-refractivity contribution is 5.91. The first-order chi connectivity index (χ1) is 19.3. The quantitative estimate of drug-likeness (QED) is 0.323. The number of benzene rings is 1. The van der Waals surface area contributed by atoms with Crippen LogP contribution in [0.25, 0.3) is 22.3 Å². The van der Waals surface area contributed by atoms with E-state index in [0.29, 0.717) is 67.4 Å². The summed E-state index contributed by atoms with van der Waals surface area (Å²) in [7, 11) is 0. The summed E-state index contributed by atoms with van der Waals surface area (Å²) in [5, 5.41) is 23.8. The molecule has 1 saturated heterocycles. The average Bonchev–Trinajstić information content (AvgIpc) is 3.55. The van der Waals surface area contributed by atoms with Crippen molar-refractivity contribution in [1.29, 1.82) is 0 Å². The molecule has 1 aromatic carbocycles. The Balaban J connectivity index is 1.36. The van der Waals surface area contributed by atoms with Gasteiger partial charge in [0.1, 0.15) is 6.61 Å². The molecule has 0 unspecified atom stereocenters. The summed E-state index contributed by atoms with van der Waals surface area (Å²) in [6.07, 6.45) is 0.446. The van der Waals surface area contributed by atoms with Gasteiger partial charge in [-0.05, 0) is 37.0 Å². The summed E-state index contributed by atoms with van der Waals surface area (Å²) in [5.41, 5.74) is 2.10. The monoisotopic (exact) mass is 548 g/mol. The van der Waals surface area contributed by atoms with Gasteiger partial charge in [-0.15, -0.1) is 0 Å². The molecule has 208 valence electrons. The molecule has 3 N–H and O–H groups in total. The fraction of sp³-hybridized carbons (Fsp3) is 0.429.